The summed E-state index contributed by atoms with van der Waals surface area (Å²) < 4.78 is 8.00. The standard InChI is InChI=1S/C2H4O2.Fe.O.Pb.2H/c1-2(3)4;;;;;/h1H3,(H,3,4);;;;;. The first-order valence-corrected chi connectivity index (χ1v) is 1.52. The molecule has 0 aromatic rings. The molecule has 2 radical (unpaired) electrons. The van der Waals surface area contributed by atoms with E-state index in [0.717, 1.165) is 6.92 Å². The molecule has 0 aliphatic carbocycles. The molecular weight excluding hydrogens is 335 g/mol. The summed E-state index contributed by atoms with van der Waals surface area (Å²) >= 11 is 2.00. The summed E-state index contributed by atoms with van der Waals surface area (Å²) in [5.74, 6) is -0.833. The van der Waals surface area contributed by atoms with Gasteiger partial charge in [-0.1, -0.05) is 0 Å². The normalized spacial score (nSPS) is 4.29. The predicted molar refractivity (Wildman–Crippen MR) is 22.5 cm³/mol. The molecule has 0 atom stereocenters. The number of hydrogen-bond donors (Lipinski definition) is 1. The van der Waals surface area contributed by atoms with Crippen LogP contribution in [0.5, 0.6) is 0 Å². The van der Waals surface area contributed by atoms with E-state index in [1.54, 1.807) is 0 Å². The van der Waals surface area contributed by atoms with Gasteiger partial charge >= 0.3 is 47.1 Å². The Kier molecular flexibility index (Phi) is 35.5. The summed E-state index contributed by atoms with van der Waals surface area (Å²) in [5, 5.41) is 7.42. The molecule has 5 heteroatoms. The minimum absolute atomic E-state index is 0. The van der Waals surface area contributed by atoms with Gasteiger partial charge in [0.15, 0.2) is 0 Å². The van der Waals surface area contributed by atoms with Crippen LogP contribution in [0, 0.1) is 0 Å². The third-order valence-corrected chi connectivity index (χ3v) is 0. The summed E-state index contributed by atoms with van der Waals surface area (Å²) in [6, 6.07) is 0. The topological polar surface area (TPSA) is 54.4 Å². The second-order valence-corrected chi connectivity index (χ2v) is 0.519. The van der Waals surface area contributed by atoms with Gasteiger partial charge in [0.2, 0.25) is 0 Å². The maximum atomic E-state index is 9.00. The second-order valence-electron chi connectivity index (χ2n) is 0.519. The van der Waals surface area contributed by atoms with Crippen molar-refractivity contribution in [1.82, 2.24) is 0 Å². The van der Waals surface area contributed by atoms with E-state index >= 15 is 0 Å². The number of carboxylic acids is 1. The van der Waals surface area contributed by atoms with Crippen LogP contribution >= 0.6 is 0 Å². The summed E-state index contributed by atoms with van der Waals surface area (Å²) in [7, 11) is 0. The zero-order valence-electron chi connectivity index (χ0n) is 3.82. The molecule has 0 aliphatic rings. The van der Waals surface area contributed by atoms with Crippen molar-refractivity contribution < 1.29 is 29.7 Å². The molecule has 0 aromatic heterocycles. The Morgan fingerprint density at radius 2 is 1.57 bits per heavy atom. The molecular formula is C2H6FeO3Pb. The van der Waals surface area contributed by atoms with Crippen LogP contribution in [-0.2, 0) is 24.6 Å². The molecule has 0 bridgehead atoms. The van der Waals surface area contributed by atoms with Gasteiger partial charge in [0.1, 0.15) is 0 Å². The Balaban J connectivity index is -0.0000000480. The van der Waals surface area contributed by atoms with E-state index in [4.69, 9.17) is 13.7 Å². The Labute approximate surface area is 69.7 Å². The first kappa shape index (κ1) is 15.6. The van der Waals surface area contributed by atoms with Crippen molar-refractivity contribution in [3.63, 3.8) is 0 Å². The van der Waals surface area contributed by atoms with Crippen molar-refractivity contribution in [3.8, 4) is 0 Å². The molecule has 0 saturated carbocycles. The van der Waals surface area contributed by atoms with Crippen molar-refractivity contribution in [2.24, 2.45) is 0 Å². The van der Waals surface area contributed by atoms with Gasteiger partial charge in [-0.2, -0.15) is 0 Å². The van der Waals surface area contributed by atoms with Crippen LogP contribution in [0.25, 0.3) is 0 Å². The van der Waals surface area contributed by atoms with E-state index in [1.807, 2.05) is 15.9 Å². The van der Waals surface area contributed by atoms with Gasteiger partial charge in [0, 0.05) is 6.92 Å². The van der Waals surface area contributed by atoms with Gasteiger partial charge in [0.25, 0.3) is 5.97 Å². The van der Waals surface area contributed by atoms with Gasteiger partial charge in [-0.3, -0.25) is 4.79 Å². The van der Waals surface area contributed by atoms with Crippen molar-refractivity contribution in [2.75, 3.05) is 0 Å². The van der Waals surface area contributed by atoms with Crippen LogP contribution in [0.3, 0.4) is 0 Å². The second kappa shape index (κ2) is 15.9. The molecule has 0 aromatic carbocycles. The Morgan fingerprint density at radius 1 is 1.57 bits per heavy atom. The Hall–Kier alpha value is 0.712. The first-order chi connectivity index (χ1) is 2.73. The monoisotopic (exact) mass is 342 g/mol. The van der Waals surface area contributed by atoms with Gasteiger partial charge in [-0.05, 0) is 0 Å². The summed E-state index contributed by atoms with van der Waals surface area (Å²) in [6.07, 6.45) is 0. The molecule has 1 N–H and O–H groups in total. The van der Waals surface area contributed by atoms with Crippen molar-refractivity contribution in [1.29, 1.82) is 0 Å². The molecule has 3 nitrogen and oxygen atoms in total. The summed E-state index contributed by atoms with van der Waals surface area (Å²) in [6.45, 7) is 1.08. The van der Waals surface area contributed by atoms with Crippen LogP contribution in [0.1, 0.15) is 6.92 Å². The zero-order valence-corrected chi connectivity index (χ0v) is 10.4. The number of rotatable bonds is 0. The molecule has 0 unspecified atom stereocenters. The van der Waals surface area contributed by atoms with E-state index in [1.165, 1.54) is 0 Å². The third-order valence-electron chi connectivity index (χ3n) is 0. The molecule has 0 spiro atoms. The Bertz CT molecular complexity index is 44.2. The molecule has 0 fully saturated rings. The SMILES string of the molecule is CC(=O)O.[O]=[Fe].[PbH2]. The molecule has 0 aliphatic heterocycles. The summed E-state index contributed by atoms with van der Waals surface area (Å²) in [4.78, 5) is 9.00. The van der Waals surface area contributed by atoms with Gasteiger partial charge in [-0.25, -0.2) is 0 Å². The average Bonchev–Trinajstić information content (AvgIpc) is 1.41. The minimum atomic E-state index is -0.833. The van der Waals surface area contributed by atoms with E-state index in [0.29, 0.717) is 0 Å². The molecule has 0 amide bonds. The van der Waals surface area contributed by atoms with E-state index in [9.17, 15) is 0 Å². The fraction of sp³-hybridized carbons (Fsp3) is 0.500. The Morgan fingerprint density at radius 3 is 1.57 bits per heavy atom. The van der Waals surface area contributed by atoms with Crippen LogP contribution < -0.4 is 0 Å². The van der Waals surface area contributed by atoms with Crippen molar-refractivity contribution >= 4 is 33.3 Å². The number of aliphatic carboxylic acids is 1. The van der Waals surface area contributed by atoms with Crippen LogP contribution in [0.2, 0.25) is 0 Å². The molecule has 7 heavy (non-hydrogen) atoms. The number of hydrogen-bond acceptors (Lipinski definition) is 2. The third kappa shape index (κ3) is 294. The zero-order chi connectivity index (χ0) is 5.58. The van der Waals surface area contributed by atoms with Crippen LogP contribution in [0.4, 0.5) is 0 Å². The fourth-order valence-corrected chi connectivity index (χ4v) is 0. The molecule has 0 heterocycles. The number of carbonyl (C=O) groups is 1. The van der Waals surface area contributed by atoms with Crippen molar-refractivity contribution in [2.45, 2.75) is 6.92 Å². The molecule has 0 saturated heterocycles. The molecule has 44 valence electrons. The van der Waals surface area contributed by atoms with E-state index in [-0.39, 0.29) is 27.3 Å². The fourth-order valence-electron chi connectivity index (χ4n) is 0. The predicted octanol–water partition coefficient (Wildman–Crippen LogP) is -0.947. The van der Waals surface area contributed by atoms with E-state index in [2.05, 4.69) is 0 Å². The quantitative estimate of drug-likeness (QED) is 0.579. The first-order valence-electron chi connectivity index (χ1n) is 1.07. The maximum absolute atomic E-state index is 9.00. The van der Waals surface area contributed by atoms with Gasteiger partial charge < -0.3 is 5.11 Å². The summed E-state index contributed by atoms with van der Waals surface area (Å²) in [5.41, 5.74) is 0. The van der Waals surface area contributed by atoms with Gasteiger partial charge in [0.05, 0.1) is 0 Å². The van der Waals surface area contributed by atoms with E-state index < -0.39 is 5.97 Å². The van der Waals surface area contributed by atoms with Crippen LogP contribution in [0.15, 0.2) is 0 Å². The average molecular weight is 341 g/mol. The van der Waals surface area contributed by atoms with Crippen molar-refractivity contribution in [3.05, 3.63) is 0 Å². The number of carboxylic acid groups (broad SMARTS) is 1. The van der Waals surface area contributed by atoms with Crippen LogP contribution in [-0.4, -0.2) is 38.4 Å². The molecule has 0 rings (SSSR count). The van der Waals surface area contributed by atoms with Gasteiger partial charge in [-0.15, -0.1) is 0 Å².